The highest BCUT2D eigenvalue weighted by atomic mass is 16.5. The lowest BCUT2D eigenvalue weighted by Gasteiger charge is -2.28. The SMILES string of the molecule is COc1ccccc1C(=O)N1CCc2[nH]c3ccc(C(C)C)cc3c2C1. The first-order valence-electron chi connectivity index (χ1n) is 9.14. The molecule has 3 aromatic rings. The predicted octanol–water partition coefficient (Wildman–Crippen LogP) is 4.50. The second kappa shape index (κ2) is 6.52. The van der Waals surface area contributed by atoms with Crippen LogP contribution in [0.1, 0.15) is 46.9 Å². The van der Waals surface area contributed by atoms with Crippen LogP contribution in [0.15, 0.2) is 42.5 Å². The number of methoxy groups -OCH3 is 1. The number of hydrogen-bond donors (Lipinski definition) is 1. The highest BCUT2D eigenvalue weighted by Gasteiger charge is 2.26. The van der Waals surface area contributed by atoms with Gasteiger partial charge in [-0.15, -0.1) is 0 Å². The number of aromatic nitrogens is 1. The number of nitrogens with zero attached hydrogens (tertiary/aromatic N) is 1. The Labute approximate surface area is 153 Å². The maximum atomic E-state index is 13.1. The molecular weight excluding hydrogens is 324 g/mol. The molecule has 2 aromatic carbocycles. The Balaban J connectivity index is 1.69. The van der Waals surface area contributed by atoms with Gasteiger partial charge in [-0.2, -0.15) is 0 Å². The van der Waals surface area contributed by atoms with Gasteiger partial charge in [0, 0.05) is 41.7 Å². The van der Waals surface area contributed by atoms with E-state index in [9.17, 15) is 4.79 Å². The fourth-order valence-corrected chi connectivity index (χ4v) is 3.76. The number of aromatic amines is 1. The molecule has 0 bridgehead atoms. The van der Waals surface area contributed by atoms with Gasteiger partial charge in [-0.3, -0.25) is 4.79 Å². The number of nitrogens with one attached hydrogen (secondary N) is 1. The normalized spacial score (nSPS) is 13.9. The minimum Gasteiger partial charge on any atom is -0.496 e. The Morgan fingerprint density at radius 2 is 2.00 bits per heavy atom. The number of amides is 1. The number of H-pyrrole nitrogens is 1. The Bertz CT molecular complexity index is 971. The van der Waals surface area contributed by atoms with Crippen LogP contribution in [0.3, 0.4) is 0 Å². The minimum absolute atomic E-state index is 0.0301. The van der Waals surface area contributed by atoms with Gasteiger partial charge in [-0.25, -0.2) is 0 Å². The Morgan fingerprint density at radius 3 is 2.77 bits per heavy atom. The largest absolute Gasteiger partial charge is 0.496 e. The molecule has 1 aromatic heterocycles. The second-order valence-electron chi connectivity index (χ2n) is 7.22. The number of fused-ring (bicyclic) bond motifs is 3. The van der Waals surface area contributed by atoms with Gasteiger partial charge in [-0.1, -0.05) is 32.0 Å². The van der Waals surface area contributed by atoms with Crippen molar-refractivity contribution in [3.8, 4) is 5.75 Å². The summed E-state index contributed by atoms with van der Waals surface area (Å²) in [5.41, 5.74) is 5.61. The van der Waals surface area contributed by atoms with Gasteiger partial charge in [-0.05, 0) is 35.7 Å². The summed E-state index contributed by atoms with van der Waals surface area (Å²) in [4.78, 5) is 18.5. The lowest BCUT2D eigenvalue weighted by molar-refractivity contribution is 0.0731. The molecule has 0 spiro atoms. The number of hydrogen-bond acceptors (Lipinski definition) is 2. The van der Waals surface area contributed by atoms with E-state index in [0.717, 1.165) is 11.9 Å². The van der Waals surface area contributed by atoms with E-state index in [2.05, 4.69) is 37.0 Å². The Kier molecular flexibility index (Phi) is 4.19. The van der Waals surface area contributed by atoms with Gasteiger partial charge in [0.25, 0.3) is 5.91 Å². The van der Waals surface area contributed by atoms with E-state index in [1.165, 1.54) is 22.2 Å². The topological polar surface area (TPSA) is 45.3 Å². The summed E-state index contributed by atoms with van der Waals surface area (Å²) in [6, 6.07) is 14.1. The van der Waals surface area contributed by atoms with Crippen LogP contribution in [0.4, 0.5) is 0 Å². The minimum atomic E-state index is 0.0301. The van der Waals surface area contributed by atoms with Crippen LogP contribution in [-0.4, -0.2) is 29.4 Å². The van der Waals surface area contributed by atoms with Gasteiger partial charge >= 0.3 is 0 Å². The van der Waals surface area contributed by atoms with Gasteiger partial charge < -0.3 is 14.6 Å². The molecule has 4 heteroatoms. The Hall–Kier alpha value is -2.75. The smallest absolute Gasteiger partial charge is 0.257 e. The molecule has 2 heterocycles. The zero-order chi connectivity index (χ0) is 18.3. The predicted molar refractivity (Wildman–Crippen MR) is 104 cm³/mol. The molecule has 0 aliphatic carbocycles. The molecule has 0 unspecified atom stereocenters. The summed E-state index contributed by atoms with van der Waals surface area (Å²) in [6.07, 6.45) is 0.849. The van der Waals surface area contributed by atoms with Crippen molar-refractivity contribution in [1.29, 1.82) is 0 Å². The van der Waals surface area contributed by atoms with E-state index in [-0.39, 0.29) is 5.91 Å². The molecule has 0 saturated carbocycles. The van der Waals surface area contributed by atoms with Crippen LogP contribution in [0.25, 0.3) is 10.9 Å². The summed E-state index contributed by atoms with van der Waals surface area (Å²) in [6.45, 7) is 5.76. The quantitative estimate of drug-likeness (QED) is 0.757. The Morgan fingerprint density at radius 1 is 1.19 bits per heavy atom. The molecule has 1 amide bonds. The number of para-hydroxylation sites is 1. The van der Waals surface area contributed by atoms with Crippen LogP contribution in [0, 0.1) is 0 Å². The molecule has 0 radical (unpaired) electrons. The molecule has 134 valence electrons. The third-order valence-corrected chi connectivity index (χ3v) is 5.29. The van der Waals surface area contributed by atoms with E-state index in [0.29, 0.717) is 30.3 Å². The maximum absolute atomic E-state index is 13.1. The van der Waals surface area contributed by atoms with Crippen molar-refractivity contribution in [3.05, 3.63) is 64.8 Å². The molecule has 4 rings (SSSR count). The first-order valence-corrected chi connectivity index (χ1v) is 9.14. The average molecular weight is 348 g/mol. The van der Waals surface area contributed by atoms with Gasteiger partial charge in [0.2, 0.25) is 0 Å². The average Bonchev–Trinajstić information content (AvgIpc) is 3.04. The fourth-order valence-electron chi connectivity index (χ4n) is 3.76. The van der Waals surface area contributed by atoms with Crippen molar-refractivity contribution in [2.45, 2.75) is 32.7 Å². The summed E-state index contributed by atoms with van der Waals surface area (Å²) >= 11 is 0. The van der Waals surface area contributed by atoms with Crippen LogP contribution >= 0.6 is 0 Å². The van der Waals surface area contributed by atoms with Crippen molar-refractivity contribution < 1.29 is 9.53 Å². The third-order valence-electron chi connectivity index (χ3n) is 5.29. The number of carbonyl (C=O) groups is 1. The lowest BCUT2D eigenvalue weighted by atomic mass is 9.98. The van der Waals surface area contributed by atoms with Crippen molar-refractivity contribution in [2.75, 3.05) is 13.7 Å². The van der Waals surface area contributed by atoms with Crippen LogP contribution in [-0.2, 0) is 13.0 Å². The number of carbonyl (C=O) groups excluding carboxylic acids is 1. The third kappa shape index (κ3) is 2.75. The molecule has 0 fully saturated rings. The summed E-state index contributed by atoms with van der Waals surface area (Å²) in [5.74, 6) is 1.15. The monoisotopic (exact) mass is 348 g/mol. The maximum Gasteiger partial charge on any atom is 0.257 e. The zero-order valence-corrected chi connectivity index (χ0v) is 15.5. The molecule has 1 aliphatic heterocycles. The highest BCUT2D eigenvalue weighted by Crippen LogP contribution is 2.31. The lowest BCUT2D eigenvalue weighted by Crippen LogP contribution is -2.36. The van der Waals surface area contributed by atoms with Crippen molar-refractivity contribution in [2.24, 2.45) is 0 Å². The molecule has 26 heavy (non-hydrogen) atoms. The van der Waals surface area contributed by atoms with E-state index >= 15 is 0 Å². The fraction of sp³-hybridized carbons (Fsp3) is 0.318. The van der Waals surface area contributed by atoms with E-state index < -0.39 is 0 Å². The van der Waals surface area contributed by atoms with Gasteiger partial charge in [0.05, 0.1) is 12.7 Å². The first-order chi connectivity index (χ1) is 12.6. The van der Waals surface area contributed by atoms with Crippen molar-refractivity contribution >= 4 is 16.8 Å². The summed E-state index contributed by atoms with van der Waals surface area (Å²) < 4.78 is 5.37. The first kappa shape index (κ1) is 16.7. The van der Waals surface area contributed by atoms with E-state index in [1.807, 2.05) is 29.2 Å². The van der Waals surface area contributed by atoms with E-state index in [1.54, 1.807) is 7.11 Å². The molecule has 4 nitrogen and oxygen atoms in total. The number of rotatable bonds is 3. The van der Waals surface area contributed by atoms with E-state index in [4.69, 9.17) is 4.74 Å². The highest BCUT2D eigenvalue weighted by molar-refractivity contribution is 5.97. The van der Waals surface area contributed by atoms with Crippen molar-refractivity contribution in [1.82, 2.24) is 9.88 Å². The molecular formula is C22H24N2O2. The van der Waals surface area contributed by atoms with Gasteiger partial charge in [0.1, 0.15) is 5.75 Å². The van der Waals surface area contributed by atoms with Crippen LogP contribution in [0.5, 0.6) is 5.75 Å². The molecule has 0 saturated heterocycles. The summed E-state index contributed by atoms with van der Waals surface area (Å²) in [7, 11) is 1.60. The number of benzene rings is 2. The van der Waals surface area contributed by atoms with Crippen LogP contribution in [0.2, 0.25) is 0 Å². The number of ether oxygens (including phenoxy) is 1. The zero-order valence-electron chi connectivity index (χ0n) is 15.5. The van der Waals surface area contributed by atoms with Crippen molar-refractivity contribution in [3.63, 3.8) is 0 Å². The molecule has 1 N–H and O–H groups in total. The molecule has 1 aliphatic rings. The standard InChI is InChI=1S/C22H24N2O2/c1-14(2)15-8-9-19-17(12-15)18-13-24(11-10-20(18)23-19)22(25)16-6-4-5-7-21(16)26-3/h4-9,12,14,23H,10-11,13H2,1-3H3. The molecule has 0 atom stereocenters. The summed E-state index contributed by atoms with van der Waals surface area (Å²) in [5, 5.41) is 1.24. The van der Waals surface area contributed by atoms with Crippen LogP contribution < -0.4 is 4.74 Å². The second-order valence-corrected chi connectivity index (χ2v) is 7.22. The van der Waals surface area contributed by atoms with Gasteiger partial charge in [0.15, 0.2) is 0 Å².